The number of anilines is 1. The maximum absolute atomic E-state index is 11.9. The summed E-state index contributed by atoms with van der Waals surface area (Å²) in [5, 5.41) is 13.3. The largest absolute Gasteiger partial charge is 0.383 e. The molecule has 1 amide bonds. The van der Waals surface area contributed by atoms with Gasteiger partial charge in [-0.3, -0.25) is 4.79 Å². The normalized spacial score (nSPS) is 20.1. The van der Waals surface area contributed by atoms with E-state index in [9.17, 15) is 13.2 Å². The molecule has 1 aliphatic heterocycles. The van der Waals surface area contributed by atoms with Crippen LogP contribution in [0.15, 0.2) is 12.1 Å². The van der Waals surface area contributed by atoms with Crippen LogP contribution in [0.25, 0.3) is 0 Å². The number of amides is 1. The van der Waals surface area contributed by atoms with E-state index in [1.165, 1.54) is 0 Å². The molecule has 1 fully saturated rings. The maximum Gasteiger partial charge on any atom is 0.272 e. The lowest BCUT2D eigenvalue weighted by molar-refractivity contribution is 0.0935. The van der Waals surface area contributed by atoms with Crippen molar-refractivity contribution in [2.45, 2.75) is 12.5 Å². The molecule has 21 heavy (non-hydrogen) atoms. The van der Waals surface area contributed by atoms with Gasteiger partial charge in [0.25, 0.3) is 5.91 Å². The van der Waals surface area contributed by atoms with Gasteiger partial charge in [0.05, 0.1) is 18.1 Å². The summed E-state index contributed by atoms with van der Waals surface area (Å²) in [7, 11) is -1.41. The molecule has 1 aliphatic rings. The van der Waals surface area contributed by atoms with Crippen molar-refractivity contribution in [2.24, 2.45) is 0 Å². The summed E-state index contributed by atoms with van der Waals surface area (Å²) in [5.41, 5.74) is 0.164. The number of hydrogen-bond acceptors (Lipinski definition) is 7. The van der Waals surface area contributed by atoms with Crippen LogP contribution in [0.2, 0.25) is 0 Å². The molecule has 2 N–H and O–H groups in total. The molecule has 8 nitrogen and oxygen atoms in total. The minimum Gasteiger partial charge on any atom is -0.383 e. The zero-order chi connectivity index (χ0) is 15.3. The first-order valence-corrected chi connectivity index (χ1v) is 8.40. The van der Waals surface area contributed by atoms with Crippen LogP contribution in [0.3, 0.4) is 0 Å². The second-order valence-electron chi connectivity index (χ2n) is 4.80. The highest BCUT2D eigenvalue weighted by Crippen LogP contribution is 2.12. The van der Waals surface area contributed by atoms with E-state index in [4.69, 9.17) is 4.74 Å². The Bertz CT molecular complexity index is 588. The van der Waals surface area contributed by atoms with Crippen molar-refractivity contribution >= 4 is 21.6 Å². The summed E-state index contributed by atoms with van der Waals surface area (Å²) in [5.74, 6) is 0.245. The smallest absolute Gasteiger partial charge is 0.272 e. The van der Waals surface area contributed by atoms with E-state index in [-0.39, 0.29) is 23.2 Å². The van der Waals surface area contributed by atoms with Gasteiger partial charge < -0.3 is 15.4 Å². The van der Waals surface area contributed by atoms with Gasteiger partial charge in [0.2, 0.25) is 0 Å². The number of sulfone groups is 1. The van der Waals surface area contributed by atoms with Gasteiger partial charge in [0, 0.05) is 19.7 Å². The van der Waals surface area contributed by atoms with Gasteiger partial charge >= 0.3 is 0 Å². The Morgan fingerprint density at radius 2 is 2.24 bits per heavy atom. The Kier molecular flexibility index (Phi) is 5.07. The zero-order valence-electron chi connectivity index (χ0n) is 11.7. The molecule has 0 spiro atoms. The van der Waals surface area contributed by atoms with Crippen LogP contribution in [-0.4, -0.2) is 62.3 Å². The van der Waals surface area contributed by atoms with E-state index in [1.54, 1.807) is 19.2 Å². The highest BCUT2D eigenvalue weighted by atomic mass is 32.2. The molecule has 1 unspecified atom stereocenters. The van der Waals surface area contributed by atoms with Crippen LogP contribution >= 0.6 is 0 Å². The second-order valence-corrected chi connectivity index (χ2v) is 7.03. The Balaban J connectivity index is 1.88. The fourth-order valence-electron chi connectivity index (χ4n) is 2.00. The van der Waals surface area contributed by atoms with Crippen molar-refractivity contribution in [2.75, 3.05) is 37.1 Å². The van der Waals surface area contributed by atoms with Crippen molar-refractivity contribution < 1.29 is 17.9 Å². The fourth-order valence-corrected chi connectivity index (χ4v) is 3.67. The minimum atomic E-state index is -3.02. The molecule has 1 saturated heterocycles. The number of nitrogens with zero attached hydrogens (tertiary/aromatic N) is 2. The van der Waals surface area contributed by atoms with E-state index < -0.39 is 15.7 Å². The van der Waals surface area contributed by atoms with Crippen molar-refractivity contribution in [3.8, 4) is 0 Å². The van der Waals surface area contributed by atoms with Crippen molar-refractivity contribution in [1.82, 2.24) is 15.5 Å². The first-order chi connectivity index (χ1) is 10.00. The highest BCUT2D eigenvalue weighted by molar-refractivity contribution is 7.91. The van der Waals surface area contributed by atoms with Gasteiger partial charge in [-0.1, -0.05) is 0 Å². The number of rotatable bonds is 6. The molecule has 1 aromatic rings. The predicted molar refractivity (Wildman–Crippen MR) is 76.9 cm³/mol. The van der Waals surface area contributed by atoms with Gasteiger partial charge in [-0.2, -0.15) is 0 Å². The van der Waals surface area contributed by atoms with Crippen LogP contribution in [0.5, 0.6) is 0 Å². The molecule has 1 aromatic heterocycles. The average Bonchev–Trinajstić information content (AvgIpc) is 2.79. The van der Waals surface area contributed by atoms with E-state index >= 15 is 0 Å². The topological polar surface area (TPSA) is 110 Å². The standard InChI is InChI=1S/C12H18N4O4S/c1-20-6-5-13-11-3-2-10(15-16-11)12(17)14-9-4-7-21(18,19)8-9/h2-3,9H,4-8H2,1H3,(H,13,16)(H,14,17). The number of methoxy groups -OCH3 is 1. The van der Waals surface area contributed by atoms with Crippen LogP contribution < -0.4 is 10.6 Å². The third kappa shape index (κ3) is 4.64. The Labute approximate surface area is 123 Å². The first-order valence-electron chi connectivity index (χ1n) is 6.58. The molecule has 0 saturated carbocycles. The zero-order valence-corrected chi connectivity index (χ0v) is 12.5. The van der Waals surface area contributed by atoms with E-state index in [1.807, 2.05) is 0 Å². The van der Waals surface area contributed by atoms with Gasteiger partial charge in [0.15, 0.2) is 15.5 Å². The molecular weight excluding hydrogens is 296 g/mol. The third-order valence-electron chi connectivity index (χ3n) is 3.08. The number of nitrogens with one attached hydrogen (secondary N) is 2. The van der Waals surface area contributed by atoms with Crippen LogP contribution in [-0.2, 0) is 14.6 Å². The second kappa shape index (κ2) is 6.81. The summed E-state index contributed by atoms with van der Waals surface area (Å²) in [6.07, 6.45) is 0.443. The molecule has 116 valence electrons. The molecule has 0 radical (unpaired) electrons. The first kappa shape index (κ1) is 15.6. The average molecular weight is 314 g/mol. The van der Waals surface area contributed by atoms with Crippen LogP contribution in [0.1, 0.15) is 16.9 Å². The van der Waals surface area contributed by atoms with Crippen LogP contribution in [0.4, 0.5) is 5.82 Å². The van der Waals surface area contributed by atoms with Gasteiger partial charge in [-0.25, -0.2) is 8.42 Å². The molecule has 0 aromatic carbocycles. The van der Waals surface area contributed by atoms with E-state index in [0.29, 0.717) is 25.4 Å². The number of carbonyl (C=O) groups excluding carboxylic acids is 1. The lowest BCUT2D eigenvalue weighted by Gasteiger charge is -2.10. The van der Waals surface area contributed by atoms with Gasteiger partial charge in [0.1, 0.15) is 5.82 Å². The Hall–Kier alpha value is -1.74. The van der Waals surface area contributed by atoms with E-state index in [0.717, 1.165) is 0 Å². The SMILES string of the molecule is COCCNc1ccc(C(=O)NC2CCS(=O)(=O)C2)nn1. The third-order valence-corrected chi connectivity index (χ3v) is 4.85. The minimum absolute atomic E-state index is 0.0111. The molecule has 9 heteroatoms. The highest BCUT2D eigenvalue weighted by Gasteiger charge is 2.29. The Morgan fingerprint density at radius 1 is 1.43 bits per heavy atom. The monoisotopic (exact) mass is 314 g/mol. The van der Waals surface area contributed by atoms with Gasteiger partial charge in [-0.05, 0) is 18.6 Å². The predicted octanol–water partition coefficient (Wildman–Crippen LogP) is -0.548. The Morgan fingerprint density at radius 3 is 2.81 bits per heavy atom. The quantitative estimate of drug-likeness (QED) is 0.678. The molecular formula is C12H18N4O4S. The number of hydrogen-bond donors (Lipinski definition) is 2. The summed E-state index contributed by atoms with van der Waals surface area (Å²) < 4.78 is 27.6. The van der Waals surface area contributed by atoms with Crippen molar-refractivity contribution in [3.05, 3.63) is 17.8 Å². The molecule has 0 aliphatic carbocycles. The van der Waals surface area contributed by atoms with Crippen molar-refractivity contribution in [1.29, 1.82) is 0 Å². The summed E-state index contributed by atoms with van der Waals surface area (Å²) in [4.78, 5) is 11.9. The van der Waals surface area contributed by atoms with Crippen molar-refractivity contribution in [3.63, 3.8) is 0 Å². The molecule has 2 rings (SSSR count). The fraction of sp³-hybridized carbons (Fsp3) is 0.583. The maximum atomic E-state index is 11.9. The summed E-state index contributed by atoms with van der Waals surface area (Å²) in [6.45, 7) is 1.14. The number of carbonyl (C=O) groups is 1. The van der Waals surface area contributed by atoms with Gasteiger partial charge in [-0.15, -0.1) is 10.2 Å². The molecule has 1 atom stereocenters. The van der Waals surface area contributed by atoms with E-state index in [2.05, 4.69) is 20.8 Å². The lowest BCUT2D eigenvalue weighted by atomic mass is 10.2. The summed E-state index contributed by atoms with van der Waals surface area (Å²) in [6, 6.07) is 2.84. The molecule has 2 heterocycles. The summed E-state index contributed by atoms with van der Waals surface area (Å²) >= 11 is 0. The number of aromatic nitrogens is 2. The lowest BCUT2D eigenvalue weighted by Crippen LogP contribution is -2.36. The molecule has 0 bridgehead atoms. The number of ether oxygens (including phenoxy) is 1. The van der Waals surface area contributed by atoms with Crippen LogP contribution in [0, 0.1) is 0 Å².